The van der Waals surface area contributed by atoms with Gasteiger partial charge in [0, 0.05) is 11.8 Å². The standard InChI is InChI=1S/C14H18BrN3O/c1-19-14-5-4-11(3-2-6-16)7-12(14)9-18-10-13(15)8-17-18/h4-5,7-8,10H,2-3,6,9,16H2,1H3. The van der Waals surface area contributed by atoms with Gasteiger partial charge in [0.05, 0.1) is 24.3 Å². The van der Waals surface area contributed by atoms with Crippen LogP contribution in [0.2, 0.25) is 0 Å². The Morgan fingerprint density at radius 2 is 2.26 bits per heavy atom. The number of ether oxygens (including phenoxy) is 1. The van der Waals surface area contributed by atoms with Crippen molar-refractivity contribution in [3.05, 3.63) is 46.2 Å². The largest absolute Gasteiger partial charge is 0.496 e. The van der Waals surface area contributed by atoms with Gasteiger partial charge < -0.3 is 10.5 Å². The zero-order valence-corrected chi connectivity index (χ0v) is 12.6. The lowest BCUT2D eigenvalue weighted by atomic mass is 10.1. The third-order valence-corrected chi connectivity index (χ3v) is 3.36. The molecule has 19 heavy (non-hydrogen) atoms. The van der Waals surface area contributed by atoms with E-state index in [1.165, 1.54) is 5.56 Å². The number of hydrogen-bond donors (Lipinski definition) is 1. The lowest BCUT2D eigenvalue weighted by molar-refractivity contribution is 0.407. The van der Waals surface area contributed by atoms with E-state index < -0.39 is 0 Å². The highest BCUT2D eigenvalue weighted by Crippen LogP contribution is 2.22. The Hall–Kier alpha value is -1.33. The molecule has 0 aliphatic carbocycles. The van der Waals surface area contributed by atoms with Crippen molar-refractivity contribution in [1.82, 2.24) is 9.78 Å². The quantitative estimate of drug-likeness (QED) is 0.889. The maximum Gasteiger partial charge on any atom is 0.123 e. The topological polar surface area (TPSA) is 53.1 Å². The van der Waals surface area contributed by atoms with E-state index in [2.05, 4.69) is 33.2 Å². The van der Waals surface area contributed by atoms with Crippen LogP contribution in [-0.2, 0) is 13.0 Å². The minimum absolute atomic E-state index is 0.700. The van der Waals surface area contributed by atoms with E-state index >= 15 is 0 Å². The van der Waals surface area contributed by atoms with Crippen molar-refractivity contribution < 1.29 is 4.74 Å². The van der Waals surface area contributed by atoms with Crippen LogP contribution in [0.15, 0.2) is 35.1 Å². The third kappa shape index (κ3) is 3.81. The van der Waals surface area contributed by atoms with Crippen LogP contribution < -0.4 is 10.5 Å². The molecule has 1 aromatic carbocycles. The molecule has 4 nitrogen and oxygen atoms in total. The zero-order chi connectivity index (χ0) is 13.7. The van der Waals surface area contributed by atoms with E-state index in [-0.39, 0.29) is 0 Å². The first-order valence-corrected chi connectivity index (χ1v) is 7.06. The molecular weight excluding hydrogens is 306 g/mol. The van der Waals surface area contributed by atoms with Crippen LogP contribution in [0.5, 0.6) is 5.75 Å². The van der Waals surface area contributed by atoms with E-state index in [1.54, 1.807) is 13.3 Å². The number of aromatic nitrogens is 2. The summed E-state index contributed by atoms with van der Waals surface area (Å²) in [5.41, 5.74) is 7.97. The molecule has 0 spiro atoms. The monoisotopic (exact) mass is 323 g/mol. The fraction of sp³-hybridized carbons (Fsp3) is 0.357. The van der Waals surface area contributed by atoms with Gasteiger partial charge in [-0.3, -0.25) is 4.68 Å². The highest BCUT2D eigenvalue weighted by atomic mass is 79.9. The van der Waals surface area contributed by atoms with Gasteiger partial charge in [0.1, 0.15) is 5.75 Å². The smallest absolute Gasteiger partial charge is 0.123 e. The van der Waals surface area contributed by atoms with Crippen molar-refractivity contribution in [2.24, 2.45) is 5.73 Å². The molecule has 0 amide bonds. The van der Waals surface area contributed by atoms with Crippen molar-refractivity contribution in [2.45, 2.75) is 19.4 Å². The van der Waals surface area contributed by atoms with Crippen LogP contribution in [0.1, 0.15) is 17.5 Å². The Kier molecular flexibility index (Phi) is 4.99. The average molecular weight is 324 g/mol. The van der Waals surface area contributed by atoms with Gasteiger partial charge in [-0.1, -0.05) is 12.1 Å². The SMILES string of the molecule is COc1ccc(CCCN)cc1Cn1cc(Br)cn1. The molecule has 5 heteroatoms. The van der Waals surface area contributed by atoms with Gasteiger partial charge in [-0.05, 0) is 46.9 Å². The maximum atomic E-state index is 5.55. The number of rotatable bonds is 6. The maximum absolute atomic E-state index is 5.55. The summed E-state index contributed by atoms with van der Waals surface area (Å²) in [5, 5.41) is 4.27. The molecule has 2 rings (SSSR count). The molecule has 102 valence electrons. The van der Waals surface area contributed by atoms with E-state index in [4.69, 9.17) is 10.5 Å². The number of nitrogens with zero attached hydrogens (tertiary/aromatic N) is 2. The molecule has 0 radical (unpaired) electrons. The lowest BCUT2D eigenvalue weighted by Crippen LogP contribution is -2.04. The van der Waals surface area contributed by atoms with Gasteiger partial charge >= 0.3 is 0 Å². The zero-order valence-electron chi connectivity index (χ0n) is 11.0. The molecule has 0 fully saturated rings. The first kappa shape index (κ1) is 14.1. The number of benzene rings is 1. The van der Waals surface area contributed by atoms with Gasteiger partial charge in [0.25, 0.3) is 0 Å². The Morgan fingerprint density at radius 1 is 1.42 bits per heavy atom. The number of nitrogens with two attached hydrogens (primary N) is 1. The number of hydrogen-bond acceptors (Lipinski definition) is 3. The summed E-state index contributed by atoms with van der Waals surface area (Å²) >= 11 is 3.40. The van der Waals surface area contributed by atoms with Crippen LogP contribution in [0.25, 0.3) is 0 Å². The van der Waals surface area contributed by atoms with Crippen LogP contribution in [0.4, 0.5) is 0 Å². The highest BCUT2D eigenvalue weighted by molar-refractivity contribution is 9.10. The summed E-state index contributed by atoms with van der Waals surface area (Å²) in [5.74, 6) is 0.892. The van der Waals surface area contributed by atoms with Crippen LogP contribution >= 0.6 is 15.9 Å². The first-order valence-electron chi connectivity index (χ1n) is 6.26. The summed E-state index contributed by atoms with van der Waals surface area (Å²) in [6, 6.07) is 6.28. The van der Waals surface area contributed by atoms with Crippen molar-refractivity contribution in [3.8, 4) is 5.75 Å². The summed E-state index contributed by atoms with van der Waals surface area (Å²) in [7, 11) is 1.69. The second-order valence-corrected chi connectivity index (χ2v) is 5.31. The van der Waals surface area contributed by atoms with Crippen LogP contribution in [-0.4, -0.2) is 23.4 Å². The first-order chi connectivity index (χ1) is 9.22. The van der Waals surface area contributed by atoms with Gasteiger partial charge in [-0.2, -0.15) is 5.10 Å². The minimum atomic E-state index is 0.700. The number of methoxy groups -OCH3 is 1. The third-order valence-electron chi connectivity index (χ3n) is 2.95. The van der Waals surface area contributed by atoms with Crippen molar-refractivity contribution >= 4 is 15.9 Å². The van der Waals surface area contributed by atoms with Crippen molar-refractivity contribution in [2.75, 3.05) is 13.7 Å². The molecule has 0 saturated carbocycles. The Bertz CT molecular complexity index is 539. The predicted molar refractivity (Wildman–Crippen MR) is 79.4 cm³/mol. The van der Waals surface area contributed by atoms with Crippen molar-refractivity contribution in [3.63, 3.8) is 0 Å². The normalized spacial score (nSPS) is 10.7. The average Bonchev–Trinajstić information content (AvgIpc) is 2.82. The fourth-order valence-corrected chi connectivity index (χ4v) is 2.34. The summed E-state index contributed by atoms with van der Waals surface area (Å²) in [4.78, 5) is 0. The molecule has 1 aromatic heterocycles. The van der Waals surface area contributed by atoms with Crippen LogP contribution in [0.3, 0.4) is 0 Å². The van der Waals surface area contributed by atoms with Crippen LogP contribution in [0, 0.1) is 0 Å². The van der Waals surface area contributed by atoms with E-state index in [0.717, 1.165) is 28.6 Å². The molecule has 0 bridgehead atoms. The van der Waals surface area contributed by atoms with E-state index in [0.29, 0.717) is 13.1 Å². The molecule has 2 aromatic rings. The molecule has 0 unspecified atom stereocenters. The summed E-state index contributed by atoms with van der Waals surface area (Å²) in [6.07, 6.45) is 5.73. The van der Waals surface area contributed by atoms with Crippen molar-refractivity contribution in [1.29, 1.82) is 0 Å². The Balaban J connectivity index is 2.20. The molecule has 0 aliphatic heterocycles. The highest BCUT2D eigenvalue weighted by Gasteiger charge is 2.06. The van der Waals surface area contributed by atoms with Gasteiger partial charge in [-0.25, -0.2) is 0 Å². The Labute approximate surface area is 121 Å². The summed E-state index contributed by atoms with van der Waals surface area (Å²) in [6.45, 7) is 1.42. The summed E-state index contributed by atoms with van der Waals surface area (Å²) < 4.78 is 8.27. The van der Waals surface area contributed by atoms with Gasteiger partial charge in [0.15, 0.2) is 0 Å². The van der Waals surface area contributed by atoms with E-state index in [1.807, 2.05) is 16.9 Å². The lowest BCUT2D eigenvalue weighted by Gasteiger charge is -2.11. The Morgan fingerprint density at radius 3 is 2.89 bits per heavy atom. The van der Waals surface area contributed by atoms with Gasteiger partial charge in [-0.15, -0.1) is 0 Å². The molecule has 1 heterocycles. The second-order valence-electron chi connectivity index (χ2n) is 4.39. The number of aryl methyl sites for hydroxylation is 1. The molecule has 2 N–H and O–H groups in total. The fourth-order valence-electron chi connectivity index (χ4n) is 2.02. The number of halogens is 1. The molecule has 0 aliphatic rings. The molecular formula is C14H18BrN3O. The predicted octanol–water partition coefficient (Wildman–Crippen LogP) is 2.59. The minimum Gasteiger partial charge on any atom is -0.496 e. The molecule has 0 saturated heterocycles. The van der Waals surface area contributed by atoms with E-state index in [9.17, 15) is 0 Å². The van der Waals surface area contributed by atoms with Gasteiger partial charge in [0.2, 0.25) is 0 Å². The second kappa shape index (κ2) is 6.73. The molecule has 0 atom stereocenters.